The monoisotopic (exact) mass is 337 g/mol. The first-order chi connectivity index (χ1) is 10.8. The topological polar surface area (TPSA) is 37.4 Å². The summed E-state index contributed by atoms with van der Waals surface area (Å²) in [5.74, 6) is -1.96. The van der Waals surface area contributed by atoms with Crippen molar-refractivity contribution in [2.24, 2.45) is 0 Å². The smallest absolute Gasteiger partial charge is 0.207 e. The molecule has 2 aromatic rings. The number of hydrogen-bond donors (Lipinski definition) is 0. The SMILES string of the molecule is CC(c1ccc(F)c(F)c1)N(C)S(=O)(=O)/C=C/c1ccccc1. The van der Waals surface area contributed by atoms with Gasteiger partial charge in [-0.25, -0.2) is 17.2 Å². The normalized spacial score (nSPS) is 13.6. The number of benzene rings is 2. The lowest BCUT2D eigenvalue weighted by Gasteiger charge is -2.23. The molecule has 0 aromatic heterocycles. The number of nitrogens with zero attached hydrogens (tertiary/aromatic N) is 1. The second-order valence-electron chi connectivity index (χ2n) is 5.12. The summed E-state index contributed by atoms with van der Waals surface area (Å²) in [6.45, 7) is 1.61. The Morgan fingerprint density at radius 2 is 1.70 bits per heavy atom. The van der Waals surface area contributed by atoms with Crippen molar-refractivity contribution in [2.45, 2.75) is 13.0 Å². The van der Waals surface area contributed by atoms with E-state index in [1.807, 2.05) is 6.07 Å². The van der Waals surface area contributed by atoms with E-state index in [0.29, 0.717) is 5.56 Å². The molecule has 0 heterocycles. The second kappa shape index (κ2) is 7.02. The molecule has 0 aliphatic carbocycles. The number of hydrogen-bond acceptors (Lipinski definition) is 2. The Bertz CT molecular complexity index is 805. The molecule has 3 nitrogen and oxygen atoms in total. The first-order valence-electron chi connectivity index (χ1n) is 6.97. The first kappa shape index (κ1) is 17.3. The average molecular weight is 337 g/mol. The molecule has 0 N–H and O–H groups in total. The number of sulfonamides is 1. The van der Waals surface area contributed by atoms with Crippen molar-refractivity contribution in [3.63, 3.8) is 0 Å². The van der Waals surface area contributed by atoms with Crippen LogP contribution in [0.4, 0.5) is 8.78 Å². The predicted octanol–water partition coefficient (Wildman–Crippen LogP) is 3.96. The molecule has 0 radical (unpaired) electrons. The van der Waals surface area contributed by atoms with Gasteiger partial charge in [-0.2, -0.15) is 4.31 Å². The van der Waals surface area contributed by atoms with Gasteiger partial charge in [0, 0.05) is 18.5 Å². The van der Waals surface area contributed by atoms with E-state index < -0.39 is 27.7 Å². The summed E-state index contributed by atoms with van der Waals surface area (Å²) in [4.78, 5) is 0. The zero-order valence-corrected chi connectivity index (χ0v) is 13.6. The van der Waals surface area contributed by atoms with Crippen LogP contribution in [-0.2, 0) is 10.0 Å². The highest BCUT2D eigenvalue weighted by molar-refractivity contribution is 7.92. The quantitative estimate of drug-likeness (QED) is 0.828. The zero-order valence-electron chi connectivity index (χ0n) is 12.8. The highest BCUT2D eigenvalue weighted by Gasteiger charge is 2.22. The Kier molecular flexibility index (Phi) is 5.28. The molecule has 0 aliphatic heterocycles. The van der Waals surface area contributed by atoms with Gasteiger partial charge < -0.3 is 0 Å². The van der Waals surface area contributed by atoms with Crippen LogP contribution < -0.4 is 0 Å². The molecular weight excluding hydrogens is 320 g/mol. The van der Waals surface area contributed by atoms with Crippen LogP contribution in [0.15, 0.2) is 53.9 Å². The molecule has 23 heavy (non-hydrogen) atoms. The van der Waals surface area contributed by atoms with Crippen molar-refractivity contribution in [3.8, 4) is 0 Å². The van der Waals surface area contributed by atoms with Crippen LogP contribution in [-0.4, -0.2) is 19.8 Å². The molecule has 122 valence electrons. The van der Waals surface area contributed by atoms with Crippen LogP contribution in [0.25, 0.3) is 6.08 Å². The van der Waals surface area contributed by atoms with Gasteiger partial charge in [0.1, 0.15) is 0 Å². The van der Waals surface area contributed by atoms with Crippen LogP contribution in [0, 0.1) is 11.6 Å². The Labute approximate surface area is 134 Å². The third kappa shape index (κ3) is 4.24. The van der Waals surface area contributed by atoms with Gasteiger partial charge in [-0.15, -0.1) is 0 Å². The molecule has 0 fully saturated rings. The van der Waals surface area contributed by atoms with Crippen LogP contribution in [0.2, 0.25) is 0 Å². The molecule has 0 spiro atoms. The summed E-state index contributed by atoms with van der Waals surface area (Å²) in [6, 6.07) is 11.7. The number of rotatable bonds is 5. The molecule has 2 aromatic carbocycles. The maximum atomic E-state index is 13.3. The van der Waals surface area contributed by atoms with Crippen molar-refractivity contribution in [1.29, 1.82) is 0 Å². The lowest BCUT2D eigenvalue weighted by Crippen LogP contribution is -2.28. The van der Waals surface area contributed by atoms with Crippen molar-refractivity contribution in [2.75, 3.05) is 7.05 Å². The highest BCUT2D eigenvalue weighted by Crippen LogP contribution is 2.24. The van der Waals surface area contributed by atoms with Gasteiger partial charge in [0.05, 0.1) is 0 Å². The molecular formula is C17H17F2NO2S. The maximum absolute atomic E-state index is 13.3. The van der Waals surface area contributed by atoms with E-state index in [9.17, 15) is 17.2 Å². The fraction of sp³-hybridized carbons (Fsp3) is 0.176. The van der Waals surface area contributed by atoms with Crippen molar-refractivity contribution < 1.29 is 17.2 Å². The fourth-order valence-corrected chi connectivity index (χ4v) is 3.11. The molecule has 0 saturated heterocycles. The van der Waals surface area contributed by atoms with E-state index in [1.165, 1.54) is 19.2 Å². The molecule has 0 bridgehead atoms. The molecule has 1 atom stereocenters. The van der Waals surface area contributed by atoms with E-state index in [1.54, 1.807) is 31.2 Å². The van der Waals surface area contributed by atoms with Crippen molar-refractivity contribution >= 4 is 16.1 Å². The van der Waals surface area contributed by atoms with Gasteiger partial charge in [-0.05, 0) is 36.3 Å². The lowest BCUT2D eigenvalue weighted by atomic mass is 10.1. The van der Waals surface area contributed by atoms with E-state index in [4.69, 9.17) is 0 Å². The minimum atomic E-state index is -3.69. The summed E-state index contributed by atoms with van der Waals surface area (Å²) < 4.78 is 52.1. The van der Waals surface area contributed by atoms with Crippen LogP contribution in [0.1, 0.15) is 24.1 Å². The molecule has 0 amide bonds. The van der Waals surface area contributed by atoms with E-state index in [0.717, 1.165) is 27.4 Å². The van der Waals surface area contributed by atoms with Gasteiger partial charge in [0.2, 0.25) is 10.0 Å². The minimum absolute atomic E-state index is 0.378. The third-order valence-corrected chi connectivity index (χ3v) is 5.20. The molecule has 0 saturated carbocycles. The fourth-order valence-electron chi connectivity index (χ4n) is 2.03. The van der Waals surface area contributed by atoms with Gasteiger partial charge in [-0.1, -0.05) is 36.4 Å². The third-order valence-electron chi connectivity index (χ3n) is 3.60. The summed E-state index contributed by atoms with van der Waals surface area (Å²) >= 11 is 0. The molecule has 6 heteroatoms. The number of halogens is 2. The molecule has 1 unspecified atom stereocenters. The molecule has 2 rings (SSSR count). The van der Waals surface area contributed by atoms with Crippen molar-refractivity contribution in [1.82, 2.24) is 4.31 Å². The van der Waals surface area contributed by atoms with Gasteiger partial charge >= 0.3 is 0 Å². The second-order valence-corrected chi connectivity index (χ2v) is 7.00. The predicted molar refractivity (Wildman–Crippen MR) is 86.9 cm³/mol. The van der Waals surface area contributed by atoms with Gasteiger partial charge in [0.25, 0.3) is 0 Å². The van der Waals surface area contributed by atoms with E-state index in [-0.39, 0.29) is 0 Å². The van der Waals surface area contributed by atoms with Gasteiger partial charge in [0.15, 0.2) is 11.6 Å². The summed E-state index contributed by atoms with van der Waals surface area (Å²) in [7, 11) is -2.29. The average Bonchev–Trinajstić information content (AvgIpc) is 2.55. The lowest BCUT2D eigenvalue weighted by molar-refractivity contribution is 0.401. The summed E-state index contributed by atoms with van der Waals surface area (Å²) in [5.41, 5.74) is 1.13. The minimum Gasteiger partial charge on any atom is -0.207 e. The molecule has 0 aliphatic rings. The Hall–Kier alpha value is -2.05. The Balaban J connectivity index is 2.21. The summed E-state index contributed by atoms with van der Waals surface area (Å²) in [6.07, 6.45) is 1.49. The van der Waals surface area contributed by atoms with Crippen LogP contribution >= 0.6 is 0 Å². The largest absolute Gasteiger partial charge is 0.236 e. The van der Waals surface area contributed by atoms with E-state index >= 15 is 0 Å². The van der Waals surface area contributed by atoms with Crippen LogP contribution in [0.5, 0.6) is 0 Å². The summed E-state index contributed by atoms with van der Waals surface area (Å²) in [5, 5.41) is 1.10. The van der Waals surface area contributed by atoms with Crippen LogP contribution in [0.3, 0.4) is 0 Å². The first-order valence-corrected chi connectivity index (χ1v) is 8.47. The Morgan fingerprint density at radius 1 is 1.04 bits per heavy atom. The Morgan fingerprint density at radius 3 is 2.30 bits per heavy atom. The standard InChI is InChI=1S/C17H17F2NO2S/c1-13(15-8-9-16(18)17(19)12-15)20(2)23(21,22)11-10-14-6-4-3-5-7-14/h3-13H,1-2H3/b11-10+. The van der Waals surface area contributed by atoms with Crippen molar-refractivity contribution in [3.05, 3.63) is 76.7 Å². The van der Waals surface area contributed by atoms with Gasteiger partial charge in [-0.3, -0.25) is 0 Å². The maximum Gasteiger partial charge on any atom is 0.236 e. The highest BCUT2D eigenvalue weighted by atomic mass is 32.2. The van der Waals surface area contributed by atoms with E-state index in [2.05, 4.69) is 0 Å². The zero-order chi connectivity index (χ0) is 17.0.